The van der Waals surface area contributed by atoms with Crippen LogP contribution < -0.4 is 5.32 Å². The van der Waals surface area contributed by atoms with Gasteiger partial charge < -0.3 is 14.9 Å². The highest BCUT2D eigenvalue weighted by atomic mass is 35.5. The molecule has 4 aromatic rings. The molecule has 0 fully saturated rings. The number of benzene rings is 1. The fourth-order valence-corrected chi connectivity index (χ4v) is 2.93. The van der Waals surface area contributed by atoms with Crippen LogP contribution in [0.15, 0.2) is 42.7 Å². The summed E-state index contributed by atoms with van der Waals surface area (Å²) in [5.74, 6) is 0.784. The van der Waals surface area contributed by atoms with Crippen molar-refractivity contribution in [3.05, 3.63) is 53.6 Å². The number of hydrogen-bond acceptors (Lipinski definition) is 5. The fraction of sp³-hybridized carbons (Fsp3) is 0.167. The molecule has 1 aromatic carbocycles. The highest BCUT2D eigenvalue weighted by molar-refractivity contribution is 6.35. The van der Waals surface area contributed by atoms with Crippen molar-refractivity contribution in [3.63, 3.8) is 0 Å². The van der Waals surface area contributed by atoms with Gasteiger partial charge in [0.2, 0.25) is 0 Å². The van der Waals surface area contributed by atoms with E-state index in [0.29, 0.717) is 33.4 Å². The molecule has 2 N–H and O–H groups in total. The molecule has 0 bridgehead atoms. The van der Waals surface area contributed by atoms with Crippen molar-refractivity contribution in [3.8, 4) is 11.5 Å². The predicted molar refractivity (Wildman–Crippen MR) is 103 cm³/mol. The van der Waals surface area contributed by atoms with Crippen molar-refractivity contribution in [2.75, 3.05) is 5.32 Å². The second-order valence-corrected chi connectivity index (χ2v) is 6.65. The highest BCUT2D eigenvalue weighted by Crippen LogP contribution is 2.22. The molecule has 0 aliphatic carbocycles. The van der Waals surface area contributed by atoms with E-state index in [4.69, 9.17) is 11.6 Å². The third-order valence-corrected chi connectivity index (χ3v) is 4.33. The van der Waals surface area contributed by atoms with Crippen LogP contribution in [0.2, 0.25) is 5.02 Å². The molecule has 9 heteroatoms. The van der Waals surface area contributed by atoms with Gasteiger partial charge in [-0.15, -0.1) is 10.2 Å². The third-order valence-electron chi connectivity index (χ3n) is 4.03. The second-order valence-electron chi connectivity index (χ2n) is 6.24. The van der Waals surface area contributed by atoms with Crippen molar-refractivity contribution >= 4 is 34.4 Å². The van der Waals surface area contributed by atoms with Crippen LogP contribution in [0.1, 0.15) is 30.5 Å². The number of aromatic amines is 1. The Labute approximate surface area is 159 Å². The summed E-state index contributed by atoms with van der Waals surface area (Å²) in [5.41, 5.74) is 1.86. The Morgan fingerprint density at radius 3 is 2.78 bits per heavy atom. The maximum Gasteiger partial charge on any atom is 0.292 e. The summed E-state index contributed by atoms with van der Waals surface area (Å²) in [6, 6.07) is 10.8. The maximum absolute atomic E-state index is 12.5. The van der Waals surface area contributed by atoms with Gasteiger partial charge in [0, 0.05) is 6.04 Å². The van der Waals surface area contributed by atoms with Crippen LogP contribution in [0.3, 0.4) is 0 Å². The molecule has 4 rings (SSSR count). The molecule has 1 amide bonds. The van der Waals surface area contributed by atoms with Gasteiger partial charge in [-0.1, -0.05) is 23.7 Å². The third kappa shape index (κ3) is 3.26. The van der Waals surface area contributed by atoms with Crippen molar-refractivity contribution in [2.24, 2.45) is 0 Å². The number of imidazole rings is 1. The van der Waals surface area contributed by atoms with Gasteiger partial charge in [-0.2, -0.15) is 0 Å². The van der Waals surface area contributed by atoms with Gasteiger partial charge in [-0.3, -0.25) is 4.79 Å². The molecule has 136 valence electrons. The number of nitrogens with zero attached hydrogens (tertiary/aromatic N) is 5. The molecule has 0 saturated heterocycles. The van der Waals surface area contributed by atoms with E-state index in [2.05, 4.69) is 30.5 Å². The Morgan fingerprint density at radius 2 is 2.00 bits per heavy atom. The minimum Gasteiger partial charge on any atom is -0.334 e. The van der Waals surface area contributed by atoms with Crippen LogP contribution in [0.5, 0.6) is 0 Å². The summed E-state index contributed by atoms with van der Waals surface area (Å²) in [7, 11) is 0. The van der Waals surface area contributed by atoms with Crippen molar-refractivity contribution in [2.45, 2.75) is 19.9 Å². The summed E-state index contributed by atoms with van der Waals surface area (Å²) in [6.45, 7) is 4.07. The number of H-pyrrole nitrogens is 1. The van der Waals surface area contributed by atoms with Crippen LogP contribution in [0, 0.1) is 0 Å². The minimum atomic E-state index is -0.405. The maximum atomic E-state index is 12.5. The second kappa shape index (κ2) is 6.81. The van der Waals surface area contributed by atoms with E-state index in [9.17, 15) is 4.79 Å². The Kier molecular flexibility index (Phi) is 4.33. The molecule has 3 heterocycles. The first kappa shape index (κ1) is 17.2. The van der Waals surface area contributed by atoms with Crippen LogP contribution in [0.25, 0.3) is 22.6 Å². The molecule has 0 spiro atoms. The average molecular weight is 382 g/mol. The van der Waals surface area contributed by atoms with Gasteiger partial charge in [-0.25, -0.2) is 9.97 Å². The number of hydrogen-bond donors (Lipinski definition) is 2. The van der Waals surface area contributed by atoms with Crippen LogP contribution in [-0.2, 0) is 0 Å². The summed E-state index contributed by atoms with van der Waals surface area (Å²) in [6.07, 6.45) is 1.66. The van der Waals surface area contributed by atoms with Crippen LogP contribution in [0.4, 0.5) is 5.82 Å². The molecule has 0 saturated carbocycles. The fourth-order valence-electron chi connectivity index (χ4n) is 2.71. The molecule has 0 unspecified atom stereocenters. The first-order chi connectivity index (χ1) is 13.0. The molecule has 0 aliphatic heterocycles. The lowest BCUT2D eigenvalue weighted by Crippen LogP contribution is -2.15. The molecular formula is C18H16ClN7O. The van der Waals surface area contributed by atoms with E-state index >= 15 is 0 Å². The number of halogens is 1. The van der Waals surface area contributed by atoms with Gasteiger partial charge in [0.05, 0.1) is 10.5 Å². The zero-order chi connectivity index (χ0) is 19.0. The number of carbonyl (C=O) groups excluding carboxylic acids is 1. The van der Waals surface area contributed by atoms with Crippen molar-refractivity contribution in [1.82, 2.24) is 29.7 Å². The van der Waals surface area contributed by atoms with Gasteiger partial charge in [0.25, 0.3) is 5.91 Å². The highest BCUT2D eigenvalue weighted by Gasteiger charge is 2.15. The molecule has 0 radical (unpaired) electrons. The van der Waals surface area contributed by atoms with Crippen molar-refractivity contribution < 1.29 is 4.79 Å². The normalized spacial score (nSPS) is 11.3. The summed E-state index contributed by atoms with van der Waals surface area (Å²) in [5, 5.41) is 11.3. The Balaban J connectivity index is 1.61. The molecular weight excluding hydrogens is 366 g/mol. The largest absolute Gasteiger partial charge is 0.334 e. The zero-order valence-electron chi connectivity index (χ0n) is 14.6. The monoisotopic (exact) mass is 381 g/mol. The lowest BCUT2D eigenvalue weighted by Gasteiger charge is -2.10. The van der Waals surface area contributed by atoms with E-state index in [1.54, 1.807) is 30.6 Å². The van der Waals surface area contributed by atoms with E-state index in [0.717, 1.165) is 0 Å². The quantitative estimate of drug-likeness (QED) is 0.561. The SMILES string of the molecule is CC(C)n1cnnc1-c1cccc(NC(=O)c2nc3c(Cl)cccc3[nH]2)n1. The number of anilines is 1. The van der Waals surface area contributed by atoms with E-state index in [-0.39, 0.29) is 11.9 Å². The number of aromatic nitrogens is 6. The number of amides is 1. The summed E-state index contributed by atoms with van der Waals surface area (Å²) < 4.78 is 1.91. The average Bonchev–Trinajstić information content (AvgIpc) is 3.30. The number of nitrogens with one attached hydrogen (secondary N) is 2. The Hall–Kier alpha value is -3.26. The molecule has 3 aromatic heterocycles. The summed E-state index contributed by atoms with van der Waals surface area (Å²) in [4.78, 5) is 24.2. The van der Waals surface area contributed by atoms with Crippen LogP contribution in [-0.4, -0.2) is 35.6 Å². The molecule has 0 atom stereocenters. The molecule has 8 nitrogen and oxygen atoms in total. The number of para-hydroxylation sites is 1. The lowest BCUT2D eigenvalue weighted by atomic mass is 10.3. The van der Waals surface area contributed by atoms with E-state index in [1.165, 1.54) is 0 Å². The smallest absolute Gasteiger partial charge is 0.292 e. The Morgan fingerprint density at radius 1 is 1.19 bits per heavy atom. The topological polar surface area (TPSA) is 101 Å². The Bertz CT molecular complexity index is 1130. The number of carbonyl (C=O) groups is 1. The number of rotatable bonds is 4. The molecule has 0 aliphatic rings. The van der Waals surface area contributed by atoms with Gasteiger partial charge >= 0.3 is 0 Å². The number of pyridine rings is 1. The number of fused-ring (bicyclic) bond motifs is 1. The minimum absolute atomic E-state index is 0.163. The van der Waals surface area contributed by atoms with Gasteiger partial charge in [0.1, 0.15) is 23.4 Å². The molecule has 27 heavy (non-hydrogen) atoms. The van der Waals surface area contributed by atoms with E-state index in [1.807, 2.05) is 30.5 Å². The van der Waals surface area contributed by atoms with Crippen LogP contribution >= 0.6 is 11.6 Å². The zero-order valence-corrected chi connectivity index (χ0v) is 15.4. The van der Waals surface area contributed by atoms with Crippen molar-refractivity contribution in [1.29, 1.82) is 0 Å². The summed E-state index contributed by atoms with van der Waals surface area (Å²) >= 11 is 6.11. The first-order valence-electron chi connectivity index (χ1n) is 8.35. The first-order valence-corrected chi connectivity index (χ1v) is 8.73. The standard InChI is InChI=1S/C18H16ClN7O/c1-10(2)26-9-20-25-17(26)13-7-4-8-14(21-13)23-18(27)16-22-12-6-3-5-11(19)15(12)24-16/h3-10H,1-2H3,(H,22,24)(H,21,23,27). The van der Waals surface area contributed by atoms with E-state index < -0.39 is 5.91 Å². The lowest BCUT2D eigenvalue weighted by molar-refractivity contribution is 0.101. The predicted octanol–water partition coefficient (Wildman–Crippen LogP) is 3.70. The van der Waals surface area contributed by atoms with Gasteiger partial charge in [-0.05, 0) is 38.1 Å². The van der Waals surface area contributed by atoms with Gasteiger partial charge in [0.15, 0.2) is 11.6 Å².